The number of carbonyl (C=O) groups is 1. The first-order valence-electron chi connectivity index (χ1n) is 5.77. The topological polar surface area (TPSA) is 115 Å². The molecule has 2 aromatic carbocycles. The van der Waals surface area contributed by atoms with E-state index in [0.29, 0.717) is 4.47 Å². The van der Waals surface area contributed by atoms with Crippen LogP contribution >= 0.6 is 15.9 Å². The highest BCUT2D eigenvalue weighted by molar-refractivity contribution is 9.10. The third-order valence-electron chi connectivity index (χ3n) is 2.66. The van der Waals surface area contributed by atoms with E-state index in [1.807, 2.05) is 0 Å². The average Bonchev–Trinajstić information content (AvgIpc) is 2.41. The molecule has 0 unspecified atom stereocenters. The van der Waals surface area contributed by atoms with Crippen LogP contribution in [0, 0.1) is 0 Å². The minimum atomic E-state index is -3.87. The number of amides is 1. The molecule has 1 amide bonds. The molecule has 8 heteroatoms. The molecule has 0 aliphatic carbocycles. The largest absolute Gasteiger partial charge is 0.398 e. The van der Waals surface area contributed by atoms with Crippen molar-refractivity contribution in [1.82, 2.24) is 0 Å². The molecule has 6 nitrogen and oxygen atoms in total. The Kier molecular flexibility index (Phi) is 4.19. The first-order valence-corrected chi connectivity index (χ1v) is 8.05. The molecule has 0 bridgehead atoms. The van der Waals surface area contributed by atoms with Crippen molar-refractivity contribution in [3.63, 3.8) is 0 Å². The summed E-state index contributed by atoms with van der Waals surface area (Å²) in [5.74, 6) is -0.641. The van der Waals surface area contributed by atoms with Crippen molar-refractivity contribution in [2.24, 2.45) is 5.73 Å². The molecule has 0 heterocycles. The average molecular weight is 370 g/mol. The lowest BCUT2D eigenvalue weighted by molar-refractivity contribution is 0.100. The fourth-order valence-corrected chi connectivity index (χ4v) is 3.41. The number of primary amides is 1. The zero-order chi connectivity index (χ0) is 15.6. The van der Waals surface area contributed by atoms with E-state index in [1.165, 1.54) is 36.4 Å². The highest BCUT2D eigenvalue weighted by Crippen LogP contribution is 2.25. The van der Waals surface area contributed by atoms with E-state index in [4.69, 9.17) is 11.5 Å². The zero-order valence-corrected chi connectivity index (χ0v) is 13.1. The summed E-state index contributed by atoms with van der Waals surface area (Å²) in [5, 5.41) is 0. The Balaban J connectivity index is 2.40. The molecule has 5 N–H and O–H groups in total. The van der Waals surface area contributed by atoms with Gasteiger partial charge in [-0.3, -0.25) is 9.52 Å². The molecule has 0 aliphatic rings. The molecule has 2 aromatic rings. The Labute approximate surface area is 130 Å². The predicted octanol–water partition coefficient (Wildman–Crippen LogP) is 1.93. The van der Waals surface area contributed by atoms with E-state index in [2.05, 4.69) is 20.7 Å². The van der Waals surface area contributed by atoms with Crippen molar-refractivity contribution in [3.05, 3.63) is 52.5 Å². The highest BCUT2D eigenvalue weighted by Gasteiger charge is 2.18. The lowest BCUT2D eigenvalue weighted by Gasteiger charge is -2.11. The monoisotopic (exact) mass is 369 g/mol. The van der Waals surface area contributed by atoms with Gasteiger partial charge in [0, 0.05) is 15.7 Å². The highest BCUT2D eigenvalue weighted by atomic mass is 79.9. The first-order chi connectivity index (χ1) is 9.79. The smallest absolute Gasteiger partial charge is 0.263 e. The van der Waals surface area contributed by atoms with Crippen molar-refractivity contribution in [2.45, 2.75) is 4.90 Å². The summed E-state index contributed by atoms with van der Waals surface area (Å²) in [5.41, 5.74) is 11.4. The Morgan fingerprint density at radius 3 is 2.52 bits per heavy atom. The van der Waals surface area contributed by atoms with E-state index < -0.39 is 15.9 Å². The number of halogens is 1. The molecular formula is C13H12BrN3O3S. The number of hydrogen-bond acceptors (Lipinski definition) is 4. The Hall–Kier alpha value is -2.06. The fraction of sp³-hybridized carbons (Fsp3) is 0. The minimum Gasteiger partial charge on any atom is -0.398 e. The number of benzene rings is 2. The van der Waals surface area contributed by atoms with Gasteiger partial charge in [-0.2, -0.15) is 0 Å². The fourth-order valence-electron chi connectivity index (χ4n) is 1.69. The third kappa shape index (κ3) is 3.53. The van der Waals surface area contributed by atoms with Crippen LogP contribution in [0.3, 0.4) is 0 Å². The van der Waals surface area contributed by atoms with E-state index in [0.717, 1.165) is 0 Å². The van der Waals surface area contributed by atoms with Crippen LogP contribution in [0.1, 0.15) is 10.4 Å². The maximum absolute atomic E-state index is 12.3. The van der Waals surface area contributed by atoms with Crippen molar-refractivity contribution >= 4 is 43.2 Å². The Morgan fingerprint density at radius 2 is 1.86 bits per heavy atom. The van der Waals surface area contributed by atoms with Crippen LogP contribution in [0.4, 0.5) is 11.4 Å². The van der Waals surface area contributed by atoms with Crippen LogP contribution in [-0.2, 0) is 10.0 Å². The molecule has 21 heavy (non-hydrogen) atoms. The number of carbonyl (C=O) groups excluding carboxylic acids is 1. The summed E-state index contributed by atoms with van der Waals surface area (Å²) >= 11 is 3.20. The van der Waals surface area contributed by atoms with Crippen LogP contribution in [0.5, 0.6) is 0 Å². The number of nitrogen functional groups attached to an aromatic ring is 1. The van der Waals surface area contributed by atoms with E-state index in [1.54, 1.807) is 6.07 Å². The van der Waals surface area contributed by atoms with Gasteiger partial charge in [0.15, 0.2) is 0 Å². The number of hydrogen-bond donors (Lipinski definition) is 3. The number of anilines is 2. The van der Waals surface area contributed by atoms with Gasteiger partial charge in [-0.1, -0.05) is 22.0 Å². The first kappa shape index (κ1) is 15.3. The molecule has 110 valence electrons. The van der Waals surface area contributed by atoms with Crippen molar-refractivity contribution in [2.75, 3.05) is 10.5 Å². The second kappa shape index (κ2) is 5.74. The van der Waals surface area contributed by atoms with E-state index in [-0.39, 0.29) is 21.8 Å². The van der Waals surface area contributed by atoms with Gasteiger partial charge in [-0.05, 0) is 36.4 Å². The molecule has 0 saturated carbocycles. The molecule has 0 aromatic heterocycles. The van der Waals surface area contributed by atoms with Crippen LogP contribution in [-0.4, -0.2) is 14.3 Å². The molecule has 0 spiro atoms. The lowest BCUT2D eigenvalue weighted by Crippen LogP contribution is -2.16. The summed E-state index contributed by atoms with van der Waals surface area (Å²) in [6, 6.07) is 10.4. The summed E-state index contributed by atoms with van der Waals surface area (Å²) < 4.78 is 27.6. The van der Waals surface area contributed by atoms with Crippen molar-refractivity contribution in [3.8, 4) is 0 Å². The lowest BCUT2D eigenvalue weighted by atomic mass is 10.2. The molecule has 0 radical (unpaired) electrons. The SMILES string of the molecule is NC(=O)c1cccc(NS(=O)(=O)c2cc(Br)ccc2N)c1. The molecule has 0 aliphatic heterocycles. The maximum atomic E-state index is 12.3. The van der Waals surface area contributed by atoms with Gasteiger partial charge >= 0.3 is 0 Å². The normalized spacial score (nSPS) is 11.1. The molecule has 2 rings (SSSR count). The van der Waals surface area contributed by atoms with Gasteiger partial charge in [0.25, 0.3) is 10.0 Å². The van der Waals surface area contributed by atoms with Gasteiger partial charge < -0.3 is 11.5 Å². The van der Waals surface area contributed by atoms with Gasteiger partial charge in [0.2, 0.25) is 5.91 Å². The number of nitrogens with two attached hydrogens (primary N) is 2. The summed E-state index contributed by atoms with van der Waals surface area (Å²) in [7, 11) is -3.87. The number of rotatable bonds is 4. The second-order valence-electron chi connectivity index (χ2n) is 4.23. The minimum absolute atomic E-state index is 0.0543. The third-order valence-corrected chi connectivity index (χ3v) is 4.59. The summed E-state index contributed by atoms with van der Waals surface area (Å²) in [4.78, 5) is 11.1. The van der Waals surface area contributed by atoms with Crippen molar-refractivity contribution in [1.29, 1.82) is 0 Å². The van der Waals surface area contributed by atoms with Crippen LogP contribution < -0.4 is 16.2 Å². The standard InChI is InChI=1S/C13H12BrN3O3S/c14-9-4-5-11(15)12(7-9)21(19,20)17-10-3-1-2-8(6-10)13(16)18/h1-7,17H,15H2,(H2,16,18). The van der Waals surface area contributed by atoms with Gasteiger partial charge in [-0.25, -0.2) is 8.42 Å². The quantitative estimate of drug-likeness (QED) is 0.713. The van der Waals surface area contributed by atoms with Crippen LogP contribution in [0.25, 0.3) is 0 Å². The Morgan fingerprint density at radius 1 is 1.14 bits per heavy atom. The maximum Gasteiger partial charge on any atom is 0.263 e. The van der Waals surface area contributed by atoms with Crippen LogP contribution in [0.15, 0.2) is 51.8 Å². The van der Waals surface area contributed by atoms with Crippen molar-refractivity contribution < 1.29 is 13.2 Å². The van der Waals surface area contributed by atoms with Gasteiger partial charge in [-0.15, -0.1) is 0 Å². The molecular weight excluding hydrogens is 358 g/mol. The molecule has 0 saturated heterocycles. The van der Waals surface area contributed by atoms with E-state index in [9.17, 15) is 13.2 Å². The summed E-state index contributed by atoms with van der Waals surface area (Å²) in [6.45, 7) is 0. The van der Waals surface area contributed by atoms with Gasteiger partial charge in [0.1, 0.15) is 4.90 Å². The molecule has 0 fully saturated rings. The zero-order valence-electron chi connectivity index (χ0n) is 10.7. The predicted molar refractivity (Wildman–Crippen MR) is 84.3 cm³/mol. The van der Waals surface area contributed by atoms with Gasteiger partial charge in [0.05, 0.1) is 5.69 Å². The Bertz CT molecular complexity index is 806. The number of sulfonamides is 1. The molecule has 0 atom stereocenters. The second-order valence-corrected chi connectivity index (χ2v) is 6.80. The summed E-state index contributed by atoms with van der Waals surface area (Å²) in [6.07, 6.45) is 0. The number of nitrogens with one attached hydrogen (secondary N) is 1. The van der Waals surface area contributed by atoms with Crippen LogP contribution in [0.2, 0.25) is 0 Å². The van der Waals surface area contributed by atoms with E-state index >= 15 is 0 Å².